The third-order valence-corrected chi connectivity index (χ3v) is 3.45. The molecule has 4 nitrogen and oxygen atoms in total. The van der Waals surface area contributed by atoms with Crippen LogP contribution in [0.3, 0.4) is 0 Å². The number of rotatable bonds is 4. The van der Waals surface area contributed by atoms with Crippen LogP contribution in [0.1, 0.15) is 19.8 Å². The Morgan fingerprint density at radius 3 is 3.00 bits per heavy atom. The van der Waals surface area contributed by atoms with Crippen LogP contribution in [-0.4, -0.2) is 30.6 Å². The van der Waals surface area contributed by atoms with Gasteiger partial charge in [-0.2, -0.15) is 0 Å². The van der Waals surface area contributed by atoms with Crippen molar-refractivity contribution in [2.24, 2.45) is 0 Å². The zero-order valence-electron chi connectivity index (χ0n) is 10.9. The maximum atomic E-state index is 11.4. The summed E-state index contributed by atoms with van der Waals surface area (Å²) in [6.45, 7) is 3.95. The van der Waals surface area contributed by atoms with Crippen molar-refractivity contribution in [3.05, 3.63) is 34.5 Å². The second-order valence-corrected chi connectivity index (χ2v) is 5.17. The second-order valence-electron chi connectivity index (χ2n) is 4.36. The van der Waals surface area contributed by atoms with E-state index in [0.29, 0.717) is 13.0 Å². The molecule has 1 aromatic heterocycles. The van der Waals surface area contributed by atoms with Gasteiger partial charge in [-0.1, -0.05) is 17.7 Å². The maximum Gasteiger partial charge on any atom is 0.309 e. The molecule has 0 aliphatic carbocycles. The third kappa shape index (κ3) is 4.06. The Balaban J connectivity index is 1.94. The summed E-state index contributed by atoms with van der Waals surface area (Å²) in [5.41, 5.74) is 1.16. The van der Waals surface area contributed by atoms with E-state index in [1.54, 1.807) is 0 Å². The van der Waals surface area contributed by atoms with Crippen LogP contribution in [0.2, 0.25) is 0 Å². The van der Waals surface area contributed by atoms with Gasteiger partial charge in [0.15, 0.2) is 0 Å². The first-order valence-corrected chi connectivity index (χ1v) is 7.19. The highest BCUT2D eigenvalue weighted by Crippen LogP contribution is 2.21. The number of esters is 1. The van der Waals surface area contributed by atoms with Gasteiger partial charge < -0.3 is 9.64 Å². The number of pyridine rings is 1. The molecule has 0 unspecified atom stereocenters. The Labute approximate surface area is 121 Å². The Morgan fingerprint density at radius 1 is 1.53 bits per heavy atom. The van der Waals surface area contributed by atoms with Crippen molar-refractivity contribution < 1.29 is 9.53 Å². The van der Waals surface area contributed by atoms with Crippen molar-refractivity contribution in [2.45, 2.75) is 19.8 Å². The minimum absolute atomic E-state index is 0.136. The largest absolute Gasteiger partial charge is 0.466 e. The summed E-state index contributed by atoms with van der Waals surface area (Å²) in [6.07, 6.45) is 3.39. The molecule has 2 rings (SSSR count). The molecule has 0 amide bonds. The number of hydrogen-bond acceptors (Lipinski definition) is 4. The van der Waals surface area contributed by atoms with Gasteiger partial charge in [0.1, 0.15) is 10.4 Å². The van der Waals surface area contributed by atoms with Gasteiger partial charge >= 0.3 is 5.97 Å². The van der Waals surface area contributed by atoms with E-state index < -0.39 is 0 Å². The SMILES string of the molecule is CCOC(=O)CC1=CCN(c2cccc(Br)n2)CC1. The van der Waals surface area contributed by atoms with Crippen molar-refractivity contribution in [3.8, 4) is 0 Å². The first kappa shape index (κ1) is 14.1. The molecule has 5 heteroatoms. The lowest BCUT2D eigenvalue weighted by atomic mass is 10.1. The minimum Gasteiger partial charge on any atom is -0.466 e. The summed E-state index contributed by atoms with van der Waals surface area (Å²) < 4.78 is 5.80. The molecule has 0 saturated heterocycles. The molecule has 2 heterocycles. The summed E-state index contributed by atoms with van der Waals surface area (Å²) in [7, 11) is 0. The molecule has 0 radical (unpaired) electrons. The van der Waals surface area contributed by atoms with Crippen LogP contribution >= 0.6 is 15.9 Å². The lowest BCUT2D eigenvalue weighted by Gasteiger charge is -2.27. The predicted molar refractivity (Wildman–Crippen MR) is 78.1 cm³/mol. The molecule has 19 heavy (non-hydrogen) atoms. The summed E-state index contributed by atoms with van der Waals surface area (Å²) in [5.74, 6) is 0.823. The van der Waals surface area contributed by atoms with E-state index in [4.69, 9.17) is 4.74 Å². The molecule has 0 atom stereocenters. The van der Waals surface area contributed by atoms with Gasteiger partial charge in [0.05, 0.1) is 13.0 Å². The molecule has 1 aliphatic rings. The van der Waals surface area contributed by atoms with Crippen molar-refractivity contribution in [1.82, 2.24) is 4.98 Å². The number of carbonyl (C=O) groups excluding carboxylic acids is 1. The van der Waals surface area contributed by atoms with Gasteiger partial charge in [-0.25, -0.2) is 4.98 Å². The number of aromatic nitrogens is 1. The lowest BCUT2D eigenvalue weighted by molar-refractivity contribution is -0.142. The number of anilines is 1. The number of ether oxygens (including phenoxy) is 1. The van der Waals surface area contributed by atoms with E-state index in [1.165, 1.54) is 0 Å². The minimum atomic E-state index is -0.136. The van der Waals surface area contributed by atoms with E-state index >= 15 is 0 Å². The van der Waals surface area contributed by atoms with Gasteiger partial charge in [0.2, 0.25) is 0 Å². The summed E-state index contributed by atoms with van der Waals surface area (Å²) in [4.78, 5) is 18.0. The van der Waals surface area contributed by atoms with Crippen LogP contribution in [0.15, 0.2) is 34.5 Å². The van der Waals surface area contributed by atoms with Crippen LogP contribution < -0.4 is 4.90 Å². The van der Waals surface area contributed by atoms with Gasteiger partial charge in [-0.3, -0.25) is 4.79 Å². The standard InChI is InChI=1S/C14H17BrN2O2/c1-2-19-14(18)10-11-6-8-17(9-7-11)13-5-3-4-12(15)16-13/h3-6H,2,7-10H2,1H3. The lowest BCUT2D eigenvalue weighted by Crippen LogP contribution is -2.29. The second kappa shape index (κ2) is 6.70. The molecule has 0 saturated carbocycles. The van der Waals surface area contributed by atoms with Crippen molar-refractivity contribution >= 4 is 27.7 Å². The average molecular weight is 325 g/mol. The zero-order chi connectivity index (χ0) is 13.7. The molecule has 1 aliphatic heterocycles. The molecule has 1 aromatic rings. The van der Waals surface area contributed by atoms with Gasteiger partial charge in [0, 0.05) is 13.1 Å². The average Bonchev–Trinajstić information content (AvgIpc) is 2.40. The van der Waals surface area contributed by atoms with Crippen LogP contribution in [0, 0.1) is 0 Å². The van der Waals surface area contributed by atoms with Gasteiger partial charge in [-0.15, -0.1) is 0 Å². The fourth-order valence-electron chi connectivity index (χ4n) is 2.05. The molecule has 102 valence electrons. The van der Waals surface area contributed by atoms with Crippen LogP contribution in [0.5, 0.6) is 0 Å². The highest BCUT2D eigenvalue weighted by Gasteiger charge is 2.15. The monoisotopic (exact) mass is 324 g/mol. The van der Waals surface area contributed by atoms with E-state index in [1.807, 2.05) is 25.1 Å². The van der Waals surface area contributed by atoms with Crippen molar-refractivity contribution in [1.29, 1.82) is 0 Å². The van der Waals surface area contributed by atoms with Crippen molar-refractivity contribution in [2.75, 3.05) is 24.6 Å². The van der Waals surface area contributed by atoms with E-state index in [2.05, 4.69) is 31.9 Å². The molecule has 0 N–H and O–H groups in total. The Morgan fingerprint density at radius 2 is 2.37 bits per heavy atom. The highest BCUT2D eigenvalue weighted by atomic mass is 79.9. The van der Waals surface area contributed by atoms with Crippen molar-refractivity contribution in [3.63, 3.8) is 0 Å². The topological polar surface area (TPSA) is 42.4 Å². The molecule has 0 fully saturated rings. The van der Waals surface area contributed by atoms with Crippen LogP contribution in [0.25, 0.3) is 0 Å². The fourth-order valence-corrected chi connectivity index (χ4v) is 2.39. The first-order chi connectivity index (χ1) is 9.19. The molecular formula is C14H17BrN2O2. The van der Waals surface area contributed by atoms with E-state index in [-0.39, 0.29) is 5.97 Å². The number of hydrogen-bond donors (Lipinski definition) is 0. The smallest absolute Gasteiger partial charge is 0.309 e. The van der Waals surface area contributed by atoms with Gasteiger partial charge in [0.25, 0.3) is 0 Å². The highest BCUT2D eigenvalue weighted by molar-refractivity contribution is 9.10. The molecule has 0 bridgehead atoms. The summed E-state index contributed by atoms with van der Waals surface area (Å²) in [6, 6.07) is 5.88. The summed E-state index contributed by atoms with van der Waals surface area (Å²) >= 11 is 3.38. The van der Waals surface area contributed by atoms with Crippen LogP contribution in [0.4, 0.5) is 5.82 Å². The first-order valence-electron chi connectivity index (χ1n) is 6.40. The number of nitrogens with zero attached hydrogens (tertiary/aromatic N) is 2. The fraction of sp³-hybridized carbons (Fsp3) is 0.429. The predicted octanol–water partition coefficient (Wildman–Crippen LogP) is 2.93. The Kier molecular flexibility index (Phi) is 4.96. The van der Waals surface area contributed by atoms with E-state index in [9.17, 15) is 4.79 Å². The van der Waals surface area contributed by atoms with Crippen LogP contribution in [-0.2, 0) is 9.53 Å². The molecule has 0 aromatic carbocycles. The zero-order valence-corrected chi connectivity index (χ0v) is 12.5. The quantitative estimate of drug-likeness (QED) is 0.485. The molecule has 0 spiro atoms. The Bertz CT molecular complexity index is 488. The van der Waals surface area contributed by atoms with E-state index in [0.717, 1.165) is 35.5 Å². The third-order valence-electron chi connectivity index (χ3n) is 3.00. The van der Waals surface area contributed by atoms with Gasteiger partial charge in [-0.05, 0) is 41.4 Å². The molecular weight excluding hydrogens is 308 g/mol. The summed E-state index contributed by atoms with van der Waals surface area (Å²) in [5, 5.41) is 0. The maximum absolute atomic E-state index is 11.4. The Hall–Kier alpha value is -1.36. The number of carbonyl (C=O) groups is 1. The number of halogens is 1. The normalized spacial score (nSPS) is 15.1.